The summed E-state index contributed by atoms with van der Waals surface area (Å²) in [5, 5.41) is 13.6. The van der Waals surface area contributed by atoms with Crippen LogP contribution in [0.15, 0.2) is 12.1 Å². The van der Waals surface area contributed by atoms with E-state index in [-0.39, 0.29) is 5.00 Å². The molecule has 120 valence electrons. The molecule has 0 aliphatic heterocycles. The summed E-state index contributed by atoms with van der Waals surface area (Å²) in [6.45, 7) is 0. The maximum Gasteiger partial charge on any atom is 0.326 e. The average molecular weight is 351 g/mol. The number of nitrogens with one attached hydrogen (secondary N) is 1. The third-order valence-electron chi connectivity index (χ3n) is 3.63. The molecule has 23 heavy (non-hydrogen) atoms. The second-order valence-electron chi connectivity index (χ2n) is 5.13. The van der Waals surface area contributed by atoms with Gasteiger partial charge in [-0.2, -0.15) is 0 Å². The molecule has 7 nitrogen and oxygen atoms in total. The summed E-state index contributed by atoms with van der Waals surface area (Å²) in [4.78, 5) is 35.7. The lowest BCUT2D eigenvalue weighted by Crippen LogP contribution is -2.19. The second kappa shape index (κ2) is 6.09. The number of aryl methyl sites for hydroxylation is 1. The van der Waals surface area contributed by atoms with E-state index in [1.54, 1.807) is 0 Å². The van der Waals surface area contributed by atoms with Gasteiger partial charge in [-0.1, -0.05) is 0 Å². The number of hydrogen-bond acceptors (Lipinski definition) is 6. The van der Waals surface area contributed by atoms with Crippen molar-refractivity contribution in [2.45, 2.75) is 25.7 Å². The van der Waals surface area contributed by atoms with Gasteiger partial charge in [-0.05, 0) is 48.6 Å². The molecule has 2 aromatic rings. The first-order valence-electron chi connectivity index (χ1n) is 6.97. The van der Waals surface area contributed by atoms with E-state index in [9.17, 15) is 19.7 Å². The Morgan fingerprint density at radius 1 is 1.22 bits per heavy atom. The molecule has 9 heteroatoms. The van der Waals surface area contributed by atoms with Crippen LogP contribution in [-0.2, 0) is 12.8 Å². The van der Waals surface area contributed by atoms with Crippen LogP contribution < -0.4 is 11.1 Å². The number of anilines is 1. The highest BCUT2D eigenvalue weighted by Gasteiger charge is 2.27. The molecule has 2 amide bonds. The minimum atomic E-state index is -0.605. The van der Waals surface area contributed by atoms with Crippen molar-refractivity contribution < 1.29 is 14.5 Å². The molecule has 0 spiro atoms. The fourth-order valence-electron chi connectivity index (χ4n) is 2.65. The molecule has 0 bridgehead atoms. The van der Waals surface area contributed by atoms with Gasteiger partial charge in [0.25, 0.3) is 11.8 Å². The summed E-state index contributed by atoms with van der Waals surface area (Å²) in [6.07, 6.45) is 3.60. The third kappa shape index (κ3) is 2.97. The number of primary amides is 1. The number of amides is 2. The van der Waals surface area contributed by atoms with Gasteiger partial charge in [-0.3, -0.25) is 19.7 Å². The molecule has 0 aromatic carbocycles. The van der Waals surface area contributed by atoms with E-state index in [4.69, 9.17) is 5.73 Å². The van der Waals surface area contributed by atoms with Crippen LogP contribution in [0.3, 0.4) is 0 Å². The zero-order chi connectivity index (χ0) is 16.6. The fourth-order valence-corrected chi connectivity index (χ4v) is 4.65. The van der Waals surface area contributed by atoms with Crippen LogP contribution in [0.2, 0.25) is 0 Å². The van der Waals surface area contributed by atoms with Crippen LogP contribution in [0.4, 0.5) is 10.0 Å². The summed E-state index contributed by atoms with van der Waals surface area (Å²) in [5.41, 5.74) is 6.64. The first-order valence-corrected chi connectivity index (χ1v) is 8.60. The van der Waals surface area contributed by atoms with Crippen LogP contribution in [0.25, 0.3) is 0 Å². The van der Waals surface area contributed by atoms with Gasteiger partial charge < -0.3 is 11.1 Å². The molecule has 0 radical (unpaired) electrons. The van der Waals surface area contributed by atoms with E-state index in [0.717, 1.165) is 47.5 Å². The van der Waals surface area contributed by atoms with Crippen molar-refractivity contribution in [3.8, 4) is 0 Å². The Kier molecular flexibility index (Phi) is 4.14. The normalized spacial score (nSPS) is 13.4. The van der Waals surface area contributed by atoms with Crippen molar-refractivity contribution in [3.63, 3.8) is 0 Å². The Balaban J connectivity index is 1.91. The van der Waals surface area contributed by atoms with Crippen molar-refractivity contribution in [2.24, 2.45) is 5.73 Å². The molecular formula is C14H13N3O4S2. The smallest absolute Gasteiger partial charge is 0.326 e. The van der Waals surface area contributed by atoms with E-state index < -0.39 is 16.7 Å². The number of thiophene rings is 2. The lowest BCUT2D eigenvalue weighted by atomic mass is 9.94. The number of carbonyl (C=O) groups is 2. The summed E-state index contributed by atoms with van der Waals surface area (Å²) in [6, 6.07) is 2.80. The van der Waals surface area contributed by atoms with Crippen LogP contribution >= 0.6 is 22.7 Å². The van der Waals surface area contributed by atoms with E-state index in [1.165, 1.54) is 23.5 Å². The van der Waals surface area contributed by atoms with Crippen molar-refractivity contribution in [2.75, 3.05) is 5.32 Å². The van der Waals surface area contributed by atoms with Crippen LogP contribution in [-0.4, -0.2) is 16.7 Å². The summed E-state index contributed by atoms with van der Waals surface area (Å²) in [7, 11) is 0. The van der Waals surface area contributed by atoms with Crippen molar-refractivity contribution in [1.82, 2.24) is 0 Å². The second-order valence-corrected chi connectivity index (χ2v) is 7.30. The zero-order valence-electron chi connectivity index (χ0n) is 12.0. The van der Waals surface area contributed by atoms with Gasteiger partial charge in [0.05, 0.1) is 10.5 Å². The maximum absolute atomic E-state index is 12.5. The molecule has 0 saturated heterocycles. The standard InChI is InChI=1S/C14H13N3O4S2/c15-13(18)11-7-3-1-2-4-8(7)22-12(11)14(19)16-9-5-6-10(23-9)17(20)21/h5-6H,1-4H2,(H2,15,18)(H,16,19). The number of fused-ring (bicyclic) bond motifs is 1. The molecule has 0 saturated carbocycles. The van der Waals surface area contributed by atoms with Crippen molar-refractivity contribution in [1.29, 1.82) is 0 Å². The summed E-state index contributed by atoms with van der Waals surface area (Å²) in [5.74, 6) is -1.05. The van der Waals surface area contributed by atoms with Gasteiger partial charge in [0.1, 0.15) is 9.88 Å². The molecule has 3 N–H and O–H groups in total. The van der Waals surface area contributed by atoms with E-state index >= 15 is 0 Å². The number of hydrogen-bond donors (Lipinski definition) is 2. The Labute approximate surface area is 139 Å². The summed E-state index contributed by atoms with van der Waals surface area (Å²) < 4.78 is 0. The minimum Gasteiger partial charge on any atom is -0.366 e. The minimum absolute atomic E-state index is 0.0547. The fraction of sp³-hybridized carbons (Fsp3) is 0.286. The SMILES string of the molecule is NC(=O)c1c(C(=O)Nc2ccc([N+](=O)[O-])s2)sc2c1CCCC2. The highest BCUT2D eigenvalue weighted by Crippen LogP contribution is 2.35. The van der Waals surface area contributed by atoms with E-state index in [2.05, 4.69) is 5.32 Å². The summed E-state index contributed by atoms with van der Waals surface area (Å²) >= 11 is 2.16. The Morgan fingerprint density at radius 3 is 2.61 bits per heavy atom. The number of nitrogens with two attached hydrogens (primary N) is 1. The lowest BCUT2D eigenvalue weighted by Gasteiger charge is -2.11. The van der Waals surface area contributed by atoms with Crippen molar-refractivity contribution >= 4 is 44.5 Å². The van der Waals surface area contributed by atoms with Gasteiger partial charge in [0.2, 0.25) is 0 Å². The van der Waals surface area contributed by atoms with Gasteiger partial charge in [0, 0.05) is 10.9 Å². The quantitative estimate of drug-likeness (QED) is 0.651. The molecule has 0 fully saturated rings. The molecular weight excluding hydrogens is 338 g/mol. The molecule has 3 rings (SSSR count). The van der Waals surface area contributed by atoms with E-state index in [0.29, 0.717) is 15.4 Å². The van der Waals surface area contributed by atoms with E-state index in [1.807, 2.05) is 0 Å². The first kappa shape index (κ1) is 15.6. The highest BCUT2D eigenvalue weighted by atomic mass is 32.1. The molecule has 1 aliphatic carbocycles. The average Bonchev–Trinajstić information content (AvgIpc) is 3.10. The predicted molar refractivity (Wildman–Crippen MR) is 88.4 cm³/mol. The lowest BCUT2D eigenvalue weighted by molar-refractivity contribution is -0.380. The van der Waals surface area contributed by atoms with Crippen LogP contribution in [0, 0.1) is 10.1 Å². The number of nitro groups is 1. The monoisotopic (exact) mass is 351 g/mol. The zero-order valence-corrected chi connectivity index (χ0v) is 13.6. The predicted octanol–water partition coefficient (Wildman–Crippen LogP) is 2.95. The number of rotatable bonds is 4. The maximum atomic E-state index is 12.5. The molecule has 0 unspecified atom stereocenters. The Bertz CT molecular complexity index is 809. The van der Waals surface area contributed by atoms with Crippen LogP contribution in [0.1, 0.15) is 43.3 Å². The Hall–Kier alpha value is -2.26. The topological polar surface area (TPSA) is 115 Å². The van der Waals surface area contributed by atoms with Gasteiger partial charge in [-0.25, -0.2) is 0 Å². The largest absolute Gasteiger partial charge is 0.366 e. The molecule has 2 heterocycles. The first-order chi connectivity index (χ1) is 11.0. The molecule has 2 aromatic heterocycles. The van der Waals surface area contributed by atoms with Gasteiger partial charge >= 0.3 is 5.00 Å². The molecule has 0 atom stereocenters. The van der Waals surface area contributed by atoms with Crippen molar-refractivity contribution in [3.05, 3.63) is 43.1 Å². The van der Waals surface area contributed by atoms with Gasteiger partial charge in [0.15, 0.2) is 0 Å². The number of nitrogens with zero attached hydrogens (tertiary/aromatic N) is 1. The Morgan fingerprint density at radius 2 is 1.96 bits per heavy atom. The van der Waals surface area contributed by atoms with Gasteiger partial charge in [-0.15, -0.1) is 11.3 Å². The third-order valence-corrected chi connectivity index (χ3v) is 5.88. The van der Waals surface area contributed by atoms with Crippen LogP contribution in [0.5, 0.6) is 0 Å². The highest BCUT2D eigenvalue weighted by molar-refractivity contribution is 7.19. The molecule has 1 aliphatic rings. The number of carbonyl (C=O) groups excluding carboxylic acids is 2.